The summed E-state index contributed by atoms with van der Waals surface area (Å²) in [6.45, 7) is 3.67. The lowest BCUT2D eigenvalue weighted by Gasteiger charge is -2.19. The molecule has 2 atom stereocenters. The van der Waals surface area contributed by atoms with E-state index in [1.807, 2.05) is 6.92 Å². The van der Waals surface area contributed by atoms with E-state index < -0.39 is 17.9 Å². The second kappa shape index (κ2) is 6.84. The van der Waals surface area contributed by atoms with E-state index in [0.29, 0.717) is 12.0 Å². The molecule has 0 radical (unpaired) electrons. The summed E-state index contributed by atoms with van der Waals surface area (Å²) in [4.78, 5) is 27.4. The van der Waals surface area contributed by atoms with Crippen LogP contribution in [0.4, 0.5) is 0 Å². The zero-order chi connectivity index (χ0) is 16.1. The maximum atomic E-state index is 12.2. The Bertz CT molecular complexity index is 654. The van der Waals surface area contributed by atoms with E-state index in [2.05, 4.69) is 15.4 Å². The summed E-state index contributed by atoms with van der Waals surface area (Å²) in [6.07, 6.45) is 6.87. The number of nitrogens with zero attached hydrogens (tertiary/aromatic N) is 3. The van der Waals surface area contributed by atoms with E-state index in [-0.39, 0.29) is 5.92 Å². The van der Waals surface area contributed by atoms with Crippen molar-refractivity contribution in [3.63, 3.8) is 0 Å². The van der Waals surface area contributed by atoms with Gasteiger partial charge in [0.2, 0.25) is 0 Å². The van der Waals surface area contributed by atoms with E-state index in [9.17, 15) is 14.7 Å². The number of hydrogen-bond acceptors (Lipinski definition) is 4. The molecule has 7 heteroatoms. The number of hydrogen-bond donors (Lipinski definition) is 2. The number of nitrogens with one attached hydrogen (secondary N) is 1. The maximum absolute atomic E-state index is 12.2. The lowest BCUT2D eigenvalue weighted by atomic mass is 9.99. The highest BCUT2D eigenvalue weighted by Gasteiger charge is 2.26. The summed E-state index contributed by atoms with van der Waals surface area (Å²) in [5.74, 6) is -1.65. The van der Waals surface area contributed by atoms with Gasteiger partial charge < -0.3 is 10.4 Å². The van der Waals surface area contributed by atoms with Crippen LogP contribution in [0, 0.1) is 5.92 Å². The number of carboxylic acids is 1. The number of carbonyl (C=O) groups is 2. The molecule has 0 saturated carbocycles. The molecule has 2 heterocycles. The minimum Gasteiger partial charge on any atom is -0.480 e. The molecule has 2 aromatic rings. The normalized spacial score (nSPS) is 13.4. The molecule has 7 nitrogen and oxygen atoms in total. The van der Waals surface area contributed by atoms with Crippen LogP contribution in [-0.4, -0.2) is 37.8 Å². The molecule has 22 heavy (non-hydrogen) atoms. The summed E-state index contributed by atoms with van der Waals surface area (Å²) in [5, 5.41) is 15.8. The second-order valence-corrected chi connectivity index (χ2v) is 5.06. The Kier molecular flexibility index (Phi) is 4.88. The number of pyridine rings is 1. The molecular weight excluding hydrogens is 284 g/mol. The van der Waals surface area contributed by atoms with Crippen molar-refractivity contribution in [2.24, 2.45) is 5.92 Å². The molecule has 0 aliphatic heterocycles. The smallest absolute Gasteiger partial charge is 0.326 e. The molecule has 0 aliphatic rings. The van der Waals surface area contributed by atoms with Gasteiger partial charge in [-0.1, -0.05) is 20.3 Å². The average molecular weight is 302 g/mol. The third kappa shape index (κ3) is 3.49. The van der Waals surface area contributed by atoms with E-state index in [1.165, 1.54) is 10.9 Å². The Hall–Kier alpha value is -2.70. The molecule has 0 spiro atoms. The molecule has 0 aliphatic carbocycles. The first-order chi connectivity index (χ1) is 10.5. The first-order valence-corrected chi connectivity index (χ1v) is 7.01. The Morgan fingerprint density at radius 3 is 2.77 bits per heavy atom. The van der Waals surface area contributed by atoms with Crippen molar-refractivity contribution in [1.29, 1.82) is 0 Å². The number of aliphatic carboxylic acids is 1. The zero-order valence-corrected chi connectivity index (χ0v) is 12.4. The van der Waals surface area contributed by atoms with Gasteiger partial charge in [0.05, 0.1) is 23.6 Å². The van der Waals surface area contributed by atoms with Crippen molar-refractivity contribution < 1.29 is 14.7 Å². The van der Waals surface area contributed by atoms with Crippen LogP contribution in [0.5, 0.6) is 0 Å². The van der Waals surface area contributed by atoms with Crippen molar-refractivity contribution in [1.82, 2.24) is 20.1 Å². The van der Waals surface area contributed by atoms with E-state index in [1.54, 1.807) is 37.6 Å². The highest BCUT2D eigenvalue weighted by Crippen LogP contribution is 2.10. The topological polar surface area (TPSA) is 97.1 Å². The molecule has 0 fully saturated rings. The van der Waals surface area contributed by atoms with Gasteiger partial charge in [-0.2, -0.15) is 5.10 Å². The number of carbonyl (C=O) groups excluding carboxylic acids is 1. The fraction of sp³-hybridized carbons (Fsp3) is 0.333. The van der Waals surface area contributed by atoms with Crippen molar-refractivity contribution in [2.75, 3.05) is 0 Å². The van der Waals surface area contributed by atoms with Gasteiger partial charge in [-0.3, -0.25) is 9.78 Å². The molecule has 116 valence electrons. The lowest BCUT2D eigenvalue weighted by molar-refractivity contribution is -0.140. The Labute approximate surface area is 128 Å². The van der Waals surface area contributed by atoms with Crippen LogP contribution < -0.4 is 5.32 Å². The van der Waals surface area contributed by atoms with Crippen LogP contribution in [0.25, 0.3) is 5.69 Å². The molecule has 0 unspecified atom stereocenters. The van der Waals surface area contributed by atoms with Crippen molar-refractivity contribution in [3.05, 3.63) is 42.5 Å². The van der Waals surface area contributed by atoms with Crippen LogP contribution in [0.15, 0.2) is 36.9 Å². The van der Waals surface area contributed by atoms with Gasteiger partial charge in [0.1, 0.15) is 6.04 Å². The molecule has 0 bridgehead atoms. The summed E-state index contributed by atoms with van der Waals surface area (Å²) >= 11 is 0. The first kappa shape index (κ1) is 15.7. The van der Waals surface area contributed by atoms with Crippen LogP contribution in [0.3, 0.4) is 0 Å². The molecule has 2 rings (SSSR count). The highest BCUT2D eigenvalue weighted by atomic mass is 16.4. The number of carboxylic acid groups (broad SMARTS) is 1. The quantitative estimate of drug-likeness (QED) is 0.842. The molecule has 2 aromatic heterocycles. The second-order valence-electron chi connectivity index (χ2n) is 5.06. The minimum atomic E-state index is -1.04. The van der Waals surface area contributed by atoms with Crippen molar-refractivity contribution in [2.45, 2.75) is 26.3 Å². The first-order valence-electron chi connectivity index (χ1n) is 7.01. The number of amides is 1. The van der Waals surface area contributed by atoms with Crippen LogP contribution in [0.1, 0.15) is 30.6 Å². The van der Waals surface area contributed by atoms with Gasteiger partial charge in [-0.05, 0) is 18.1 Å². The predicted molar refractivity (Wildman–Crippen MR) is 79.7 cm³/mol. The van der Waals surface area contributed by atoms with Crippen molar-refractivity contribution in [3.8, 4) is 5.69 Å². The minimum absolute atomic E-state index is 0.158. The van der Waals surface area contributed by atoms with Gasteiger partial charge in [0.25, 0.3) is 5.91 Å². The molecular formula is C15H18N4O3. The Balaban J connectivity index is 2.13. The predicted octanol–water partition coefficient (Wildman–Crippen LogP) is 1.50. The lowest BCUT2D eigenvalue weighted by Crippen LogP contribution is -2.44. The third-order valence-corrected chi connectivity index (χ3v) is 3.52. The molecule has 0 saturated heterocycles. The monoisotopic (exact) mass is 302 g/mol. The van der Waals surface area contributed by atoms with Crippen LogP contribution in [0.2, 0.25) is 0 Å². The van der Waals surface area contributed by atoms with Gasteiger partial charge in [0.15, 0.2) is 0 Å². The molecule has 1 amide bonds. The van der Waals surface area contributed by atoms with E-state index >= 15 is 0 Å². The maximum Gasteiger partial charge on any atom is 0.326 e. The number of rotatable bonds is 6. The summed E-state index contributed by atoms with van der Waals surface area (Å²) in [7, 11) is 0. The van der Waals surface area contributed by atoms with Gasteiger partial charge in [0, 0.05) is 12.4 Å². The highest BCUT2D eigenvalue weighted by molar-refractivity contribution is 5.96. The fourth-order valence-electron chi connectivity index (χ4n) is 1.98. The van der Waals surface area contributed by atoms with Crippen molar-refractivity contribution >= 4 is 11.9 Å². The number of aromatic nitrogens is 3. The summed E-state index contributed by atoms with van der Waals surface area (Å²) < 4.78 is 1.51. The largest absolute Gasteiger partial charge is 0.480 e. The fourth-order valence-corrected chi connectivity index (χ4v) is 1.98. The molecule has 2 N–H and O–H groups in total. The van der Waals surface area contributed by atoms with Gasteiger partial charge in [-0.15, -0.1) is 0 Å². The van der Waals surface area contributed by atoms with Crippen LogP contribution >= 0.6 is 0 Å². The SMILES string of the molecule is CC[C@H](C)[C@H](NC(=O)c1cnn(-c2cccnc2)c1)C(=O)O. The summed E-state index contributed by atoms with van der Waals surface area (Å²) in [5.41, 5.74) is 1.02. The van der Waals surface area contributed by atoms with Crippen LogP contribution in [-0.2, 0) is 4.79 Å². The van der Waals surface area contributed by atoms with E-state index in [4.69, 9.17) is 0 Å². The van der Waals surface area contributed by atoms with Gasteiger partial charge >= 0.3 is 5.97 Å². The van der Waals surface area contributed by atoms with Gasteiger partial charge in [-0.25, -0.2) is 9.48 Å². The average Bonchev–Trinajstić information content (AvgIpc) is 3.02. The Morgan fingerprint density at radius 1 is 1.41 bits per heavy atom. The third-order valence-electron chi connectivity index (χ3n) is 3.52. The summed E-state index contributed by atoms with van der Waals surface area (Å²) in [6, 6.07) is 2.65. The van der Waals surface area contributed by atoms with E-state index in [0.717, 1.165) is 5.69 Å². The Morgan fingerprint density at radius 2 is 2.18 bits per heavy atom. The standard InChI is InChI=1S/C15H18N4O3/c1-3-10(2)13(15(21)22)18-14(20)11-7-17-19(9-11)12-5-4-6-16-8-12/h4-10,13H,3H2,1-2H3,(H,18,20)(H,21,22)/t10-,13-/m0/s1. The zero-order valence-electron chi connectivity index (χ0n) is 12.4. The molecule has 0 aromatic carbocycles.